The van der Waals surface area contributed by atoms with Gasteiger partial charge in [-0.1, -0.05) is 60.7 Å². The Kier molecular flexibility index (Phi) is 3.82. The molecule has 0 amide bonds. The highest BCUT2D eigenvalue weighted by atomic mass is 32.1. The summed E-state index contributed by atoms with van der Waals surface area (Å²) in [5, 5.41) is 6.48. The molecular weight excluding hydrogens is 394 g/mol. The number of benzene rings is 2. The molecule has 0 spiro atoms. The number of fused-ring (bicyclic) bond motifs is 2. The molecule has 0 atom stereocenters. The van der Waals surface area contributed by atoms with Crippen LogP contribution in [-0.2, 0) is 0 Å². The van der Waals surface area contributed by atoms with Gasteiger partial charge in [0.2, 0.25) is 0 Å². The van der Waals surface area contributed by atoms with Gasteiger partial charge in [0.25, 0.3) is 0 Å². The van der Waals surface area contributed by atoms with Gasteiger partial charge >= 0.3 is 0 Å². The van der Waals surface area contributed by atoms with Gasteiger partial charge < -0.3 is 4.98 Å². The van der Waals surface area contributed by atoms with E-state index < -0.39 is 0 Å². The fourth-order valence-electron chi connectivity index (χ4n) is 3.77. The molecule has 6 rings (SSSR count). The van der Waals surface area contributed by atoms with Crippen LogP contribution in [0.25, 0.3) is 21.3 Å². The number of aromatic nitrogens is 1. The Morgan fingerprint density at radius 2 is 1.38 bits per heavy atom. The lowest BCUT2D eigenvalue weighted by Gasteiger charge is -2.00. The van der Waals surface area contributed by atoms with Crippen molar-refractivity contribution in [3.05, 3.63) is 99.6 Å². The average molecular weight is 410 g/mol. The quantitative estimate of drug-likeness (QED) is 0.337. The number of aliphatic imine (C=N–C) groups is 2. The van der Waals surface area contributed by atoms with Crippen molar-refractivity contribution in [3.8, 4) is 10.6 Å². The van der Waals surface area contributed by atoms with Gasteiger partial charge in [-0.05, 0) is 22.9 Å². The van der Waals surface area contributed by atoms with Gasteiger partial charge in [0.05, 0.1) is 21.2 Å². The van der Waals surface area contributed by atoms with Gasteiger partial charge in [-0.15, -0.1) is 22.7 Å². The van der Waals surface area contributed by atoms with E-state index >= 15 is 0 Å². The second-order valence-corrected chi connectivity index (χ2v) is 8.69. The lowest BCUT2D eigenvalue weighted by atomic mass is 10.0. The van der Waals surface area contributed by atoms with Crippen LogP contribution in [-0.4, -0.2) is 16.5 Å². The fraction of sp³-hybridized carbons (Fsp3) is 0. The normalized spacial score (nSPS) is 14.5. The third kappa shape index (κ3) is 2.70. The number of aromatic amines is 1. The summed E-state index contributed by atoms with van der Waals surface area (Å²) in [4.78, 5) is 15.9. The topological polar surface area (TPSA) is 40.5 Å². The zero-order chi connectivity index (χ0) is 19.2. The van der Waals surface area contributed by atoms with Crippen molar-refractivity contribution in [2.75, 3.05) is 0 Å². The third-order valence-electron chi connectivity index (χ3n) is 5.08. The predicted octanol–water partition coefficient (Wildman–Crippen LogP) is 6.89. The molecule has 4 heterocycles. The number of H-pyrrole nitrogens is 1. The molecule has 1 aliphatic heterocycles. The Bertz CT molecular complexity index is 1390. The van der Waals surface area contributed by atoms with Crippen LogP contribution in [0.4, 0.5) is 5.82 Å². The lowest BCUT2D eigenvalue weighted by Crippen LogP contribution is -1.97. The van der Waals surface area contributed by atoms with Gasteiger partial charge in [-0.2, -0.15) is 0 Å². The minimum atomic E-state index is 0.758. The van der Waals surface area contributed by atoms with Crippen molar-refractivity contribution in [3.63, 3.8) is 0 Å². The number of amidine groups is 1. The Morgan fingerprint density at radius 1 is 0.690 bits per heavy atom. The van der Waals surface area contributed by atoms with Crippen molar-refractivity contribution in [2.45, 2.75) is 0 Å². The van der Waals surface area contributed by atoms with Crippen LogP contribution >= 0.6 is 22.7 Å². The van der Waals surface area contributed by atoms with Gasteiger partial charge in [0.15, 0.2) is 5.84 Å². The molecule has 29 heavy (non-hydrogen) atoms. The fourth-order valence-corrected chi connectivity index (χ4v) is 5.24. The molecule has 0 aliphatic carbocycles. The van der Waals surface area contributed by atoms with Crippen molar-refractivity contribution in [1.82, 2.24) is 4.98 Å². The molecular formula is C24H15N3S2. The molecule has 0 saturated carbocycles. The summed E-state index contributed by atoms with van der Waals surface area (Å²) in [7, 11) is 0. The predicted molar refractivity (Wildman–Crippen MR) is 124 cm³/mol. The molecule has 0 saturated heterocycles. The van der Waals surface area contributed by atoms with Crippen LogP contribution in [0.15, 0.2) is 93.5 Å². The molecule has 3 nitrogen and oxygen atoms in total. The Morgan fingerprint density at radius 3 is 2.14 bits per heavy atom. The van der Waals surface area contributed by atoms with E-state index in [-0.39, 0.29) is 0 Å². The summed E-state index contributed by atoms with van der Waals surface area (Å²) < 4.78 is 0. The van der Waals surface area contributed by atoms with Crippen LogP contribution in [0.1, 0.15) is 16.0 Å². The van der Waals surface area contributed by atoms with E-state index in [9.17, 15) is 0 Å². The Hall–Kier alpha value is -3.28. The highest BCUT2D eigenvalue weighted by Crippen LogP contribution is 2.37. The average Bonchev–Trinajstić information content (AvgIpc) is 3.55. The van der Waals surface area contributed by atoms with Crippen LogP contribution in [0.3, 0.4) is 0 Å². The standard InChI is InChI=1S/C24H15N3S2/c1-3-9-17-15(7-1)21(19-11-5-13-28-19)25-23(17)27-24-18-10-4-2-8-16(18)22(26-24)20-12-6-14-29-20/h1-14,25H/b27-24-. The molecule has 5 aromatic rings. The maximum atomic E-state index is 5.00. The second-order valence-electron chi connectivity index (χ2n) is 6.79. The van der Waals surface area contributed by atoms with Gasteiger partial charge in [0, 0.05) is 21.9 Å². The molecule has 0 fully saturated rings. The van der Waals surface area contributed by atoms with E-state index in [1.807, 2.05) is 6.07 Å². The molecule has 0 unspecified atom stereocenters. The number of hydrogen-bond acceptors (Lipinski definition) is 3. The molecule has 0 bridgehead atoms. The zero-order valence-corrected chi connectivity index (χ0v) is 16.9. The number of hydrogen-bond donors (Lipinski definition) is 1. The number of nitrogens with one attached hydrogen (secondary N) is 1. The van der Waals surface area contributed by atoms with Crippen molar-refractivity contribution in [1.29, 1.82) is 0 Å². The number of nitrogens with zero attached hydrogens (tertiary/aromatic N) is 2. The Balaban J connectivity index is 1.56. The first-order valence-corrected chi connectivity index (χ1v) is 11.1. The number of rotatable bonds is 3. The number of thiophene rings is 2. The highest BCUT2D eigenvalue weighted by molar-refractivity contribution is 7.13. The highest BCUT2D eigenvalue weighted by Gasteiger charge is 2.23. The minimum absolute atomic E-state index is 0.758. The monoisotopic (exact) mass is 409 g/mol. The van der Waals surface area contributed by atoms with Gasteiger partial charge in [-0.25, -0.2) is 9.98 Å². The van der Waals surface area contributed by atoms with Gasteiger partial charge in [-0.3, -0.25) is 0 Å². The SMILES string of the molecule is c1csc(C2=N/C(=N\c3[nH]c(-c4cccs4)c4ccccc34)c3ccccc32)c1. The van der Waals surface area contributed by atoms with E-state index in [4.69, 9.17) is 9.98 Å². The first-order valence-electron chi connectivity index (χ1n) is 9.34. The van der Waals surface area contributed by atoms with Gasteiger partial charge in [0.1, 0.15) is 5.82 Å². The molecule has 1 aliphatic rings. The van der Waals surface area contributed by atoms with Crippen LogP contribution in [0, 0.1) is 0 Å². The lowest BCUT2D eigenvalue weighted by molar-refractivity contribution is 1.34. The smallest absolute Gasteiger partial charge is 0.162 e. The third-order valence-corrected chi connectivity index (χ3v) is 6.84. The van der Waals surface area contributed by atoms with Crippen molar-refractivity contribution >= 4 is 50.8 Å². The maximum Gasteiger partial charge on any atom is 0.162 e. The summed E-state index contributed by atoms with van der Waals surface area (Å²) in [6.07, 6.45) is 0. The largest absolute Gasteiger partial charge is 0.338 e. The summed E-state index contributed by atoms with van der Waals surface area (Å²) >= 11 is 3.43. The Labute approximate surface area is 175 Å². The second kappa shape index (κ2) is 6.65. The summed E-state index contributed by atoms with van der Waals surface area (Å²) in [6, 6.07) is 25.1. The van der Waals surface area contributed by atoms with E-state index in [0.717, 1.165) is 39.6 Å². The maximum absolute atomic E-state index is 5.00. The first kappa shape index (κ1) is 16.7. The molecule has 2 aromatic carbocycles. The van der Waals surface area contributed by atoms with Crippen LogP contribution in [0.2, 0.25) is 0 Å². The van der Waals surface area contributed by atoms with Crippen molar-refractivity contribution < 1.29 is 0 Å². The summed E-state index contributed by atoms with van der Waals surface area (Å²) in [5.41, 5.74) is 4.34. The molecule has 3 aromatic heterocycles. The van der Waals surface area contributed by atoms with Crippen LogP contribution in [0.5, 0.6) is 0 Å². The molecule has 138 valence electrons. The first-order chi connectivity index (χ1) is 14.4. The minimum Gasteiger partial charge on any atom is -0.338 e. The molecule has 0 radical (unpaired) electrons. The van der Waals surface area contributed by atoms with E-state index in [1.54, 1.807) is 22.7 Å². The molecule has 5 heteroatoms. The zero-order valence-electron chi connectivity index (χ0n) is 15.3. The van der Waals surface area contributed by atoms with E-state index in [1.165, 1.54) is 15.1 Å². The molecule has 1 N–H and O–H groups in total. The van der Waals surface area contributed by atoms with Crippen LogP contribution < -0.4 is 0 Å². The summed E-state index contributed by atoms with van der Waals surface area (Å²) in [6.45, 7) is 0. The van der Waals surface area contributed by atoms with E-state index in [2.05, 4.69) is 82.5 Å². The summed E-state index contributed by atoms with van der Waals surface area (Å²) in [5.74, 6) is 1.61. The van der Waals surface area contributed by atoms with E-state index in [0.29, 0.717) is 0 Å². The van der Waals surface area contributed by atoms with Crippen molar-refractivity contribution in [2.24, 2.45) is 9.98 Å².